The molecule has 2 N–H and O–H groups in total. The maximum Gasteiger partial charge on any atom is 0.311 e. The molecule has 0 aromatic rings. The van der Waals surface area contributed by atoms with Gasteiger partial charge in [0, 0.05) is 5.92 Å². The SMILES string of the molecule is CC1C2CC(C(=O)NS(C)(=O)=O)C(C2)C1C.CCC(C)(C)C(=O)OC.O=C(O)C1CC2CCC1C2. The van der Waals surface area contributed by atoms with E-state index in [-0.39, 0.29) is 29.1 Å². The first kappa shape index (κ1) is 29.6. The highest BCUT2D eigenvalue weighted by molar-refractivity contribution is 7.89. The highest BCUT2D eigenvalue weighted by Crippen LogP contribution is 2.55. The Morgan fingerprint density at radius 3 is 1.91 bits per heavy atom. The molecule has 0 saturated heterocycles. The van der Waals surface area contributed by atoms with E-state index in [0.29, 0.717) is 29.6 Å². The lowest BCUT2D eigenvalue weighted by atomic mass is 9.75. The van der Waals surface area contributed by atoms with Crippen LogP contribution in [-0.2, 0) is 29.1 Å². The van der Waals surface area contributed by atoms with Crippen LogP contribution in [-0.4, -0.2) is 44.7 Å². The van der Waals surface area contributed by atoms with E-state index in [2.05, 4.69) is 23.3 Å². The number of carboxylic acids is 1. The molecule has 0 spiro atoms. The maximum absolute atomic E-state index is 11.8. The number of nitrogens with one attached hydrogen (secondary N) is 1. The van der Waals surface area contributed by atoms with E-state index in [0.717, 1.165) is 37.9 Å². The molecule has 8 unspecified atom stereocenters. The van der Waals surface area contributed by atoms with E-state index >= 15 is 0 Å². The molecule has 0 aromatic carbocycles. The molecule has 4 rings (SSSR count). The third-order valence-electron chi connectivity index (χ3n) is 9.20. The van der Waals surface area contributed by atoms with Crippen LogP contribution in [0.1, 0.15) is 79.6 Å². The number of hydrogen-bond donors (Lipinski definition) is 2. The summed E-state index contributed by atoms with van der Waals surface area (Å²) in [6.07, 6.45) is 8.40. The lowest BCUT2D eigenvalue weighted by molar-refractivity contribution is -0.150. The molecule has 0 radical (unpaired) electrons. The maximum atomic E-state index is 11.8. The van der Waals surface area contributed by atoms with Crippen LogP contribution in [0.4, 0.5) is 0 Å². The van der Waals surface area contributed by atoms with Gasteiger partial charge in [0.2, 0.25) is 15.9 Å². The van der Waals surface area contributed by atoms with Gasteiger partial charge in [0.1, 0.15) is 0 Å². The van der Waals surface area contributed by atoms with Gasteiger partial charge in [0.05, 0.1) is 24.7 Å². The van der Waals surface area contributed by atoms with E-state index in [4.69, 9.17) is 5.11 Å². The topological polar surface area (TPSA) is 127 Å². The van der Waals surface area contributed by atoms with Crippen molar-refractivity contribution in [2.24, 2.45) is 52.8 Å². The van der Waals surface area contributed by atoms with Crippen molar-refractivity contribution >= 4 is 27.9 Å². The predicted octanol–water partition coefficient (Wildman–Crippen LogP) is 4.09. The predicted molar refractivity (Wildman–Crippen MR) is 134 cm³/mol. The summed E-state index contributed by atoms with van der Waals surface area (Å²) >= 11 is 0. The highest BCUT2D eigenvalue weighted by atomic mass is 32.2. The smallest absolute Gasteiger partial charge is 0.311 e. The minimum atomic E-state index is -3.41. The summed E-state index contributed by atoms with van der Waals surface area (Å²) in [4.78, 5) is 33.2. The molecule has 8 nitrogen and oxygen atoms in total. The van der Waals surface area contributed by atoms with Gasteiger partial charge in [-0.15, -0.1) is 0 Å². The zero-order chi connectivity index (χ0) is 26.7. The molecular weight excluding hydrogens is 470 g/mol. The van der Waals surface area contributed by atoms with Gasteiger partial charge in [0.15, 0.2) is 0 Å². The van der Waals surface area contributed by atoms with Crippen LogP contribution in [0.5, 0.6) is 0 Å². The summed E-state index contributed by atoms with van der Waals surface area (Å²) in [5.41, 5.74) is -0.311. The van der Waals surface area contributed by atoms with Crippen molar-refractivity contribution in [1.29, 1.82) is 0 Å². The van der Waals surface area contributed by atoms with Crippen LogP contribution >= 0.6 is 0 Å². The van der Waals surface area contributed by atoms with Crippen molar-refractivity contribution in [3.05, 3.63) is 0 Å². The Bertz CT molecular complexity index is 882. The van der Waals surface area contributed by atoms with E-state index in [9.17, 15) is 22.8 Å². The Morgan fingerprint density at radius 2 is 1.60 bits per heavy atom. The molecule has 4 fully saturated rings. The van der Waals surface area contributed by atoms with Crippen molar-refractivity contribution < 1.29 is 32.6 Å². The number of rotatable bonds is 5. The van der Waals surface area contributed by atoms with Crippen molar-refractivity contribution in [2.75, 3.05) is 13.4 Å². The molecule has 4 bridgehead atoms. The van der Waals surface area contributed by atoms with E-state index < -0.39 is 16.0 Å². The number of carbonyl (C=O) groups excluding carboxylic acids is 2. The number of sulfonamides is 1. The van der Waals surface area contributed by atoms with Crippen LogP contribution < -0.4 is 4.72 Å². The van der Waals surface area contributed by atoms with Gasteiger partial charge in [-0.05, 0) is 87.9 Å². The average Bonchev–Trinajstić information content (AvgIpc) is 3.56. The molecule has 9 heteroatoms. The molecule has 0 aromatic heterocycles. The summed E-state index contributed by atoms with van der Waals surface area (Å²) < 4.78 is 28.7. The van der Waals surface area contributed by atoms with Gasteiger partial charge in [-0.3, -0.25) is 19.1 Å². The number of ether oxygens (including phenoxy) is 1. The van der Waals surface area contributed by atoms with Gasteiger partial charge in [0.25, 0.3) is 0 Å². The number of fused-ring (bicyclic) bond motifs is 4. The fourth-order valence-corrected chi connectivity index (χ4v) is 6.99. The minimum Gasteiger partial charge on any atom is -0.481 e. The number of hydrogen-bond acceptors (Lipinski definition) is 6. The Morgan fingerprint density at radius 1 is 0.971 bits per heavy atom. The molecule has 35 heavy (non-hydrogen) atoms. The molecule has 4 saturated carbocycles. The number of methoxy groups -OCH3 is 1. The normalized spacial score (nSPS) is 34.8. The summed E-state index contributed by atoms with van der Waals surface area (Å²) in [7, 11) is -1.99. The highest BCUT2D eigenvalue weighted by Gasteiger charge is 2.51. The van der Waals surface area contributed by atoms with Crippen LogP contribution in [0.3, 0.4) is 0 Å². The second-order valence-corrected chi connectivity index (χ2v) is 13.6. The van der Waals surface area contributed by atoms with E-state index in [1.165, 1.54) is 26.4 Å². The molecular formula is C26H45NO7S. The molecule has 4 aliphatic carbocycles. The Balaban J connectivity index is 0.000000197. The molecule has 1 amide bonds. The van der Waals surface area contributed by atoms with Crippen molar-refractivity contribution in [3.63, 3.8) is 0 Å². The molecule has 202 valence electrons. The Hall–Kier alpha value is -1.64. The van der Waals surface area contributed by atoms with Gasteiger partial charge >= 0.3 is 11.9 Å². The lowest BCUT2D eigenvalue weighted by Crippen LogP contribution is -2.39. The van der Waals surface area contributed by atoms with E-state index in [1.807, 2.05) is 20.8 Å². The second-order valence-electron chi connectivity index (χ2n) is 11.8. The van der Waals surface area contributed by atoms with Crippen LogP contribution in [0.25, 0.3) is 0 Å². The quantitative estimate of drug-likeness (QED) is 0.528. The Labute approximate surface area is 211 Å². The number of aliphatic carboxylic acids is 1. The summed E-state index contributed by atoms with van der Waals surface area (Å²) in [6.45, 7) is 10.1. The number of esters is 1. The lowest BCUT2D eigenvalue weighted by Gasteiger charge is -2.30. The number of carbonyl (C=O) groups is 3. The summed E-state index contributed by atoms with van der Waals surface area (Å²) in [5.74, 6) is 2.41. The zero-order valence-electron chi connectivity index (χ0n) is 22.4. The standard InChI is InChI=1S/C11H19NO3S.C8H12O2.C7H14O2/c1-6-7(2)9-4-8(6)5-10(9)11(13)12-16(3,14)15;9-8(10)7-4-5-1-2-6(7)3-5;1-5-7(2,3)6(8)9-4/h6-10H,4-5H2,1-3H3,(H,12,13);5-7H,1-4H2,(H,9,10);5H2,1-4H3. The van der Waals surface area contributed by atoms with Crippen LogP contribution in [0, 0.1) is 52.8 Å². The van der Waals surface area contributed by atoms with Gasteiger partial charge < -0.3 is 9.84 Å². The molecule has 0 heterocycles. The van der Waals surface area contributed by atoms with Crippen LogP contribution in [0.15, 0.2) is 0 Å². The summed E-state index contributed by atoms with van der Waals surface area (Å²) in [5, 5.41) is 8.74. The Kier molecular flexibility index (Phi) is 9.81. The average molecular weight is 516 g/mol. The monoisotopic (exact) mass is 515 g/mol. The third kappa shape index (κ3) is 7.43. The van der Waals surface area contributed by atoms with Crippen LogP contribution in [0.2, 0.25) is 0 Å². The number of carboxylic acid groups (broad SMARTS) is 1. The third-order valence-corrected chi connectivity index (χ3v) is 9.77. The minimum absolute atomic E-state index is 0.0127. The van der Waals surface area contributed by atoms with Gasteiger partial charge in [-0.2, -0.15) is 0 Å². The zero-order valence-corrected chi connectivity index (χ0v) is 23.2. The first-order valence-electron chi connectivity index (χ1n) is 12.9. The largest absolute Gasteiger partial charge is 0.481 e. The van der Waals surface area contributed by atoms with Crippen molar-refractivity contribution in [2.45, 2.75) is 79.6 Å². The molecule has 0 aliphatic heterocycles. The van der Waals surface area contributed by atoms with E-state index in [1.54, 1.807) is 0 Å². The van der Waals surface area contributed by atoms with Gasteiger partial charge in [-0.25, -0.2) is 8.42 Å². The fraction of sp³-hybridized carbons (Fsp3) is 0.885. The second kappa shape index (κ2) is 11.6. The summed E-state index contributed by atoms with van der Waals surface area (Å²) in [6, 6.07) is 0. The fourth-order valence-electron chi connectivity index (χ4n) is 6.47. The molecule has 8 atom stereocenters. The number of amides is 1. The van der Waals surface area contributed by atoms with Crippen molar-refractivity contribution in [3.8, 4) is 0 Å². The van der Waals surface area contributed by atoms with Crippen molar-refractivity contribution in [1.82, 2.24) is 4.72 Å². The first-order valence-corrected chi connectivity index (χ1v) is 14.8. The van der Waals surface area contributed by atoms with Gasteiger partial charge in [-0.1, -0.05) is 27.2 Å². The molecule has 4 aliphatic rings. The first-order chi connectivity index (χ1) is 16.1.